The molecule has 1 amide bonds. The summed E-state index contributed by atoms with van der Waals surface area (Å²) in [5.74, 6) is 0.849. The van der Waals surface area contributed by atoms with Crippen LogP contribution in [0.15, 0.2) is 90.1 Å². The Kier molecular flexibility index (Phi) is 6.79. The number of carbonyl (C=O) groups is 1. The molecule has 2 aromatic heterocycles. The molecule has 0 radical (unpaired) electrons. The number of nitrogens with zero attached hydrogens (tertiary/aromatic N) is 4. The fraction of sp³-hybridized carbons (Fsp3) is 0.111. The van der Waals surface area contributed by atoms with Crippen LogP contribution in [0, 0.1) is 0 Å². The number of aromatic nitrogens is 4. The second-order valence-electron chi connectivity index (χ2n) is 7.83. The molecule has 174 valence electrons. The van der Waals surface area contributed by atoms with Gasteiger partial charge in [-0.3, -0.25) is 4.79 Å². The van der Waals surface area contributed by atoms with E-state index in [-0.39, 0.29) is 11.7 Å². The van der Waals surface area contributed by atoms with E-state index >= 15 is 0 Å². The molecule has 0 saturated heterocycles. The molecule has 5 rings (SSSR count). The molecule has 5 aromatic rings. The molecule has 0 aliphatic heterocycles. The molecule has 0 fully saturated rings. The third-order valence-corrected chi connectivity index (χ3v) is 6.74. The highest BCUT2D eigenvalue weighted by Gasteiger charge is 2.18. The van der Waals surface area contributed by atoms with Gasteiger partial charge in [-0.15, -0.1) is 10.2 Å². The molecule has 35 heavy (non-hydrogen) atoms. The van der Waals surface area contributed by atoms with E-state index < -0.39 is 0 Å². The number of rotatable bonds is 7. The number of thioether (sulfide) groups is 1. The Bertz CT molecular complexity index is 1490. The topological polar surface area (TPSA) is 72.7 Å². The number of hydrogen-bond acceptors (Lipinski definition) is 5. The highest BCUT2D eigenvalue weighted by atomic mass is 35.5. The van der Waals surface area contributed by atoms with Gasteiger partial charge in [-0.25, -0.2) is 4.98 Å². The zero-order chi connectivity index (χ0) is 24.2. The molecule has 0 aliphatic rings. The smallest absolute Gasteiger partial charge is 0.234 e. The van der Waals surface area contributed by atoms with Crippen LogP contribution in [0.1, 0.15) is 6.92 Å². The second-order valence-corrected chi connectivity index (χ2v) is 9.21. The van der Waals surface area contributed by atoms with E-state index in [1.807, 2.05) is 66.1 Å². The van der Waals surface area contributed by atoms with E-state index in [4.69, 9.17) is 16.6 Å². The first kappa shape index (κ1) is 23.1. The van der Waals surface area contributed by atoms with Gasteiger partial charge >= 0.3 is 0 Å². The Morgan fingerprint density at radius 1 is 0.971 bits per heavy atom. The maximum absolute atomic E-state index is 12.5. The lowest BCUT2D eigenvalue weighted by atomic mass is 10.0. The molecule has 1 N–H and O–H groups in total. The first-order valence-electron chi connectivity index (χ1n) is 11.2. The predicted octanol–water partition coefficient (Wildman–Crippen LogP) is 6.56. The highest BCUT2D eigenvalue weighted by Crippen LogP contribution is 2.33. The number of hydrogen-bond donors (Lipinski definition) is 1. The normalized spacial score (nSPS) is 11.0. The van der Waals surface area contributed by atoms with Crippen LogP contribution in [-0.2, 0) is 11.3 Å². The van der Waals surface area contributed by atoms with Gasteiger partial charge in [0.15, 0.2) is 11.0 Å². The standard InChI is InChI=1S/C27H22ClN5OS/c1-2-33-26(31-32-27(33)35-17-25(34)29-20-14-12-19(28)13-15-20)22-16-24(18-8-4-3-5-9-18)30-23-11-7-6-10-21(22)23/h3-16H,2,17H2,1H3,(H,29,34). The summed E-state index contributed by atoms with van der Waals surface area (Å²) < 4.78 is 2.04. The summed E-state index contributed by atoms with van der Waals surface area (Å²) in [5.41, 5.74) is 4.47. The Labute approximate surface area is 212 Å². The van der Waals surface area contributed by atoms with Gasteiger partial charge < -0.3 is 9.88 Å². The zero-order valence-corrected chi connectivity index (χ0v) is 20.6. The molecule has 2 heterocycles. The maximum Gasteiger partial charge on any atom is 0.234 e. The van der Waals surface area contributed by atoms with Gasteiger partial charge in [-0.2, -0.15) is 0 Å². The highest BCUT2D eigenvalue weighted by molar-refractivity contribution is 7.99. The molecule has 0 unspecified atom stereocenters. The Morgan fingerprint density at radius 3 is 2.49 bits per heavy atom. The van der Waals surface area contributed by atoms with Gasteiger partial charge in [-0.1, -0.05) is 71.9 Å². The second kappa shape index (κ2) is 10.3. The van der Waals surface area contributed by atoms with Crippen LogP contribution in [0.25, 0.3) is 33.5 Å². The average Bonchev–Trinajstić information content (AvgIpc) is 3.31. The molecular formula is C27H22ClN5OS. The van der Waals surface area contributed by atoms with Crippen LogP contribution in [0.4, 0.5) is 5.69 Å². The van der Waals surface area contributed by atoms with Crippen molar-refractivity contribution in [3.63, 3.8) is 0 Å². The molecule has 0 atom stereocenters. The van der Waals surface area contributed by atoms with E-state index in [2.05, 4.69) is 21.6 Å². The lowest BCUT2D eigenvalue weighted by molar-refractivity contribution is -0.113. The fourth-order valence-corrected chi connectivity index (χ4v) is 4.79. The van der Waals surface area contributed by atoms with Crippen molar-refractivity contribution in [1.29, 1.82) is 0 Å². The SMILES string of the molecule is CCn1c(SCC(=O)Nc2ccc(Cl)cc2)nnc1-c1cc(-c2ccccc2)nc2ccccc12. The zero-order valence-electron chi connectivity index (χ0n) is 19.0. The van der Waals surface area contributed by atoms with E-state index in [0.29, 0.717) is 22.4 Å². The van der Waals surface area contributed by atoms with Crippen molar-refractivity contribution in [2.45, 2.75) is 18.6 Å². The van der Waals surface area contributed by atoms with Crippen LogP contribution in [0.2, 0.25) is 5.02 Å². The summed E-state index contributed by atoms with van der Waals surface area (Å²) >= 11 is 7.28. The van der Waals surface area contributed by atoms with Crippen LogP contribution >= 0.6 is 23.4 Å². The number of pyridine rings is 1. The first-order valence-corrected chi connectivity index (χ1v) is 12.6. The van der Waals surface area contributed by atoms with Crippen LogP contribution in [0.5, 0.6) is 0 Å². The number of anilines is 1. The van der Waals surface area contributed by atoms with E-state index in [1.165, 1.54) is 11.8 Å². The monoisotopic (exact) mass is 499 g/mol. The fourth-order valence-electron chi connectivity index (χ4n) is 3.86. The Morgan fingerprint density at radius 2 is 1.71 bits per heavy atom. The molecule has 0 spiro atoms. The number of benzene rings is 3. The van der Waals surface area contributed by atoms with Gasteiger partial charge in [0.25, 0.3) is 0 Å². The van der Waals surface area contributed by atoms with Crippen molar-refractivity contribution in [2.75, 3.05) is 11.1 Å². The molecule has 0 saturated carbocycles. The van der Waals surface area contributed by atoms with Gasteiger partial charge in [-0.05, 0) is 43.3 Å². The minimum Gasteiger partial charge on any atom is -0.325 e. The van der Waals surface area contributed by atoms with Crippen molar-refractivity contribution in [3.8, 4) is 22.6 Å². The van der Waals surface area contributed by atoms with Gasteiger partial charge in [0, 0.05) is 33.8 Å². The van der Waals surface area contributed by atoms with E-state index in [0.717, 1.165) is 33.5 Å². The van der Waals surface area contributed by atoms with Gasteiger partial charge in [0.2, 0.25) is 5.91 Å². The molecule has 0 aliphatic carbocycles. The van der Waals surface area contributed by atoms with Crippen molar-refractivity contribution in [3.05, 3.63) is 90.0 Å². The molecule has 8 heteroatoms. The van der Waals surface area contributed by atoms with Crippen LogP contribution in [-0.4, -0.2) is 31.4 Å². The largest absolute Gasteiger partial charge is 0.325 e. The summed E-state index contributed by atoms with van der Waals surface area (Å²) in [7, 11) is 0. The van der Waals surface area contributed by atoms with Crippen molar-refractivity contribution in [2.24, 2.45) is 0 Å². The quantitative estimate of drug-likeness (QED) is 0.256. The van der Waals surface area contributed by atoms with Gasteiger partial charge in [0.05, 0.1) is 17.0 Å². The van der Waals surface area contributed by atoms with Crippen LogP contribution < -0.4 is 5.32 Å². The number of fused-ring (bicyclic) bond motifs is 1. The molecular weight excluding hydrogens is 478 g/mol. The summed E-state index contributed by atoms with van der Waals surface area (Å²) in [6.45, 7) is 2.72. The lowest BCUT2D eigenvalue weighted by Gasteiger charge is -2.12. The summed E-state index contributed by atoms with van der Waals surface area (Å²) in [6, 6.07) is 27.2. The molecule has 0 bridgehead atoms. The maximum atomic E-state index is 12.5. The first-order chi connectivity index (χ1) is 17.1. The number of amides is 1. The van der Waals surface area contributed by atoms with Crippen molar-refractivity contribution in [1.82, 2.24) is 19.7 Å². The minimum atomic E-state index is -0.120. The van der Waals surface area contributed by atoms with Gasteiger partial charge in [0.1, 0.15) is 0 Å². The van der Waals surface area contributed by atoms with E-state index in [1.54, 1.807) is 24.3 Å². The predicted molar refractivity (Wildman–Crippen MR) is 143 cm³/mol. The number of para-hydroxylation sites is 1. The average molecular weight is 500 g/mol. The van der Waals surface area contributed by atoms with E-state index in [9.17, 15) is 4.79 Å². The lowest BCUT2D eigenvalue weighted by Crippen LogP contribution is -2.14. The van der Waals surface area contributed by atoms with Crippen LogP contribution in [0.3, 0.4) is 0 Å². The third kappa shape index (κ3) is 5.06. The van der Waals surface area contributed by atoms with Crippen molar-refractivity contribution < 1.29 is 4.79 Å². The number of halogens is 1. The Hall–Kier alpha value is -3.68. The summed E-state index contributed by atoms with van der Waals surface area (Å²) in [5, 5.41) is 14.2. The minimum absolute atomic E-state index is 0.120. The summed E-state index contributed by atoms with van der Waals surface area (Å²) in [4.78, 5) is 17.4. The summed E-state index contributed by atoms with van der Waals surface area (Å²) in [6.07, 6.45) is 0. The third-order valence-electron chi connectivity index (χ3n) is 5.52. The molecule has 3 aromatic carbocycles. The van der Waals surface area contributed by atoms with Crippen molar-refractivity contribution >= 4 is 45.9 Å². The Balaban J connectivity index is 1.45. The number of nitrogens with one attached hydrogen (secondary N) is 1. The number of carbonyl (C=O) groups excluding carboxylic acids is 1. The molecule has 6 nitrogen and oxygen atoms in total.